The predicted molar refractivity (Wildman–Crippen MR) is 105 cm³/mol. The highest BCUT2D eigenvalue weighted by atomic mass is 32.2. The van der Waals surface area contributed by atoms with Crippen molar-refractivity contribution in [1.82, 2.24) is 14.4 Å². The van der Waals surface area contributed by atoms with Crippen LogP contribution in [0.1, 0.15) is 29.0 Å². The van der Waals surface area contributed by atoms with Gasteiger partial charge in [0.2, 0.25) is 10.0 Å². The highest BCUT2D eigenvalue weighted by Gasteiger charge is 2.21. The first-order valence-corrected chi connectivity index (χ1v) is 10.4. The largest absolute Gasteiger partial charge is 0.484 e. The minimum Gasteiger partial charge on any atom is -0.484 e. The molecular formula is C20H21N3O5S. The number of nitrogens with zero attached hydrogens (tertiary/aromatic N) is 3. The average Bonchev–Trinajstić information content (AvgIpc) is 3.19. The van der Waals surface area contributed by atoms with Crippen LogP contribution < -0.4 is 4.74 Å². The van der Waals surface area contributed by atoms with Gasteiger partial charge in [-0.2, -0.15) is 4.98 Å². The van der Waals surface area contributed by atoms with Crippen LogP contribution in [0.4, 0.5) is 0 Å². The van der Waals surface area contributed by atoms with Gasteiger partial charge in [0, 0.05) is 25.6 Å². The maximum atomic E-state index is 12.7. The Labute approximate surface area is 169 Å². The van der Waals surface area contributed by atoms with E-state index in [4.69, 9.17) is 9.26 Å². The molecule has 0 spiro atoms. The van der Waals surface area contributed by atoms with Crippen molar-refractivity contribution in [3.8, 4) is 5.75 Å². The van der Waals surface area contributed by atoms with Gasteiger partial charge in [0.25, 0.3) is 5.89 Å². The van der Waals surface area contributed by atoms with Gasteiger partial charge in [-0.3, -0.25) is 4.79 Å². The van der Waals surface area contributed by atoms with Crippen LogP contribution in [0.3, 0.4) is 0 Å². The lowest BCUT2D eigenvalue weighted by molar-refractivity contribution is 0.101. The molecule has 0 unspecified atom stereocenters. The van der Waals surface area contributed by atoms with Gasteiger partial charge in [0.15, 0.2) is 18.2 Å². The molecule has 0 atom stereocenters. The average molecular weight is 415 g/mol. The number of hydrogen-bond donors (Lipinski definition) is 0. The topological polar surface area (TPSA) is 103 Å². The number of benzene rings is 2. The molecule has 2 aromatic carbocycles. The molecular weight excluding hydrogens is 394 g/mol. The number of carbonyl (C=O) groups excluding carboxylic acids is 1. The van der Waals surface area contributed by atoms with E-state index in [-0.39, 0.29) is 30.3 Å². The van der Waals surface area contributed by atoms with Gasteiger partial charge in [-0.1, -0.05) is 35.5 Å². The molecule has 0 aliphatic rings. The van der Waals surface area contributed by atoms with E-state index in [0.717, 1.165) is 0 Å². The Bertz CT molecular complexity index is 1060. The van der Waals surface area contributed by atoms with E-state index >= 15 is 0 Å². The Hall–Kier alpha value is -3.04. The molecule has 1 heterocycles. The van der Waals surface area contributed by atoms with Crippen molar-refractivity contribution in [1.29, 1.82) is 0 Å². The summed E-state index contributed by atoms with van der Waals surface area (Å²) < 4.78 is 37.2. The summed E-state index contributed by atoms with van der Waals surface area (Å²) in [6.45, 7) is 1.74. The van der Waals surface area contributed by atoms with Crippen LogP contribution in [0, 0.1) is 0 Å². The monoisotopic (exact) mass is 415 g/mol. The molecule has 3 rings (SSSR count). The van der Waals surface area contributed by atoms with Crippen LogP contribution in [-0.2, 0) is 23.1 Å². The normalized spacial score (nSPS) is 11.6. The summed E-state index contributed by atoms with van der Waals surface area (Å²) in [7, 11) is -2.20. The summed E-state index contributed by atoms with van der Waals surface area (Å²) in [6.07, 6.45) is 0.288. The highest BCUT2D eigenvalue weighted by molar-refractivity contribution is 7.89. The van der Waals surface area contributed by atoms with Crippen molar-refractivity contribution >= 4 is 15.8 Å². The maximum Gasteiger partial charge on any atom is 0.264 e. The Balaban J connectivity index is 1.56. The van der Waals surface area contributed by atoms with Crippen molar-refractivity contribution in [2.75, 3.05) is 13.6 Å². The van der Waals surface area contributed by atoms with Gasteiger partial charge >= 0.3 is 0 Å². The summed E-state index contributed by atoms with van der Waals surface area (Å²) in [4.78, 5) is 15.7. The molecule has 0 aliphatic carbocycles. The number of ketones is 1. The van der Waals surface area contributed by atoms with E-state index in [1.807, 2.05) is 30.3 Å². The van der Waals surface area contributed by atoms with Crippen LogP contribution >= 0.6 is 0 Å². The molecule has 0 fully saturated rings. The van der Waals surface area contributed by atoms with E-state index in [0.29, 0.717) is 23.0 Å². The fourth-order valence-electron chi connectivity index (χ4n) is 2.53. The van der Waals surface area contributed by atoms with Crippen LogP contribution in [0.5, 0.6) is 5.75 Å². The van der Waals surface area contributed by atoms with Crippen molar-refractivity contribution in [3.63, 3.8) is 0 Å². The summed E-state index contributed by atoms with van der Waals surface area (Å²) >= 11 is 0. The van der Waals surface area contributed by atoms with Gasteiger partial charge < -0.3 is 9.26 Å². The molecule has 0 saturated heterocycles. The third-order valence-corrected chi connectivity index (χ3v) is 6.11. The molecule has 9 heteroatoms. The number of ether oxygens (including phenoxy) is 1. The molecule has 0 bridgehead atoms. The number of aromatic nitrogens is 2. The van der Waals surface area contributed by atoms with Crippen LogP contribution in [0.25, 0.3) is 0 Å². The first kappa shape index (κ1) is 20.7. The number of hydrogen-bond acceptors (Lipinski definition) is 7. The van der Waals surface area contributed by atoms with Crippen LogP contribution in [0.2, 0.25) is 0 Å². The van der Waals surface area contributed by atoms with Gasteiger partial charge in [0.05, 0.1) is 4.90 Å². The quantitative estimate of drug-likeness (QED) is 0.495. The van der Waals surface area contributed by atoms with E-state index < -0.39 is 10.0 Å². The molecule has 1 aromatic heterocycles. The standard InChI is InChI=1S/C20H21N3O5S/c1-15(24)16-8-10-18(11-9-16)29(25,26)23(2)13-12-19-21-20(28-22-19)14-27-17-6-4-3-5-7-17/h3-11H,12-14H2,1-2H3. The number of carbonyl (C=O) groups is 1. The third-order valence-electron chi connectivity index (χ3n) is 4.23. The maximum absolute atomic E-state index is 12.7. The van der Waals surface area contributed by atoms with E-state index in [1.165, 1.54) is 42.5 Å². The second-order valence-electron chi connectivity index (χ2n) is 6.36. The molecule has 0 aliphatic heterocycles. The van der Waals surface area contributed by atoms with Crippen molar-refractivity contribution < 1.29 is 22.5 Å². The Morgan fingerprint density at radius 1 is 1.10 bits per heavy atom. The van der Waals surface area contributed by atoms with Gasteiger partial charge in [0.1, 0.15) is 5.75 Å². The predicted octanol–water partition coefficient (Wildman–Crippen LogP) is 2.71. The lowest BCUT2D eigenvalue weighted by Gasteiger charge is -2.16. The van der Waals surface area contributed by atoms with Crippen LogP contribution in [-0.4, -0.2) is 42.2 Å². The second kappa shape index (κ2) is 8.97. The molecule has 0 N–H and O–H groups in total. The van der Waals surface area contributed by atoms with E-state index in [1.54, 1.807) is 0 Å². The number of rotatable bonds is 9. The molecule has 8 nitrogen and oxygen atoms in total. The summed E-state index contributed by atoms with van der Waals surface area (Å²) in [5, 5.41) is 3.86. The number of para-hydroxylation sites is 1. The number of Topliss-reactive ketones (excluding diaryl/α,β-unsaturated/α-hetero) is 1. The van der Waals surface area contributed by atoms with E-state index in [9.17, 15) is 13.2 Å². The molecule has 29 heavy (non-hydrogen) atoms. The Kier molecular flexibility index (Phi) is 6.40. The SMILES string of the molecule is CC(=O)c1ccc(S(=O)(=O)N(C)CCc2noc(COc3ccccc3)n2)cc1. The molecule has 0 amide bonds. The van der Waals surface area contributed by atoms with Gasteiger partial charge in [-0.05, 0) is 31.2 Å². The Morgan fingerprint density at radius 3 is 2.45 bits per heavy atom. The summed E-state index contributed by atoms with van der Waals surface area (Å²) in [5.74, 6) is 1.28. The molecule has 3 aromatic rings. The fourth-order valence-corrected chi connectivity index (χ4v) is 3.70. The first-order valence-electron chi connectivity index (χ1n) is 8.93. The zero-order chi connectivity index (χ0) is 20.9. The van der Waals surface area contributed by atoms with Gasteiger partial charge in [-0.25, -0.2) is 12.7 Å². The van der Waals surface area contributed by atoms with Crippen LogP contribution in [0.15, 0.2) is 64.0 Å². The minimum atomic E-state index is -3.68. The third kappa shape index (κ3) is 5.27. The lowest BCUT2D eigenvalue weighted by Crippen LogP contribution is -2.29. The van der Waals surface area contributed by atoms with E-state index in [2.05, 4.69) is 10.1 Å². The lowest BCUT2D eigenvalue weighted by atomic mass is 10.2. The van der Waals surface area contributed by atoms with Gasteiger partial charge in [-0.15, -0.1) is 0 Å². The summed E-state index contributed by atoms with van der Waals surface area (Å²) in [6, 6.07) is 15.1. The molecule has 0 saturated carbocycles. The fraction of sp³-hybridized carbons (Fsp3) is 0.250. The number of sulfonamides is 1. The smallest absolute Gasteiger partial charge is 0.264 e. The van der Waals surface area contributed by atoms with Crippen molar-refractivity contribution in [3.05, 3.63) is 71.9 Å². The minimum absolute atomic E-state index is 0.119. The summed E-state index contributed by atoms with van der Waals surface area (Å²) in [5.41, 5.74) is 0.462. The van der Waals surface area contributed by atoms with Crippen molar-refractivity contribution in [2.45, 2.75) is 24.8 Å². The molecule has 152 valence electrons. The highest BCUT2D eigenvalue weighted by Crippen LogP contribution is 2.16. The molecule has 0 radical (unpaired) electrons. The zero-order valence-corrected chi connectivity index (χ0v) is 16.9. The van der Waals surface area contributed by atoms with Crippen molar-refractivity contribution in [2.24, 2.45) is 0 Å². The number of likely N-dealkylation sites (N-methyl/N-ethyl adjacent to an activating group) is 1. The Morgan fingerprint density at radius 2 is 1.79 bits per heavy atom. The zero-order valence-electron chi connectivity index (χ0n) is 16.1. The first-order chi connectivity index (χ1) is 13.9. The second-order valence-corrected chi connectivity index (χ2v) is 8.41.